The molecule has 0 unspecified atom stereocenters. The largest absolute Gasteiger partial charge is 0.477 e. The van der Waals surface area contributed by atoms with Gasteiger partial charge in [-0.25, -0.2) is 4.79 Å². The molecule has 0 aliphatic carbocycles. The summed E-state index contributed by atoms with van der Waals surface area (Å²) >= 11 is 5.91. The van der Waals surface area contributed by atoms with Gasteiger partial charge in [-0.1, -0.05) is 24.4 Å². The van der Waals surface area contributed by atoms with Crippen molar-refractivity contribution in [2.75, 3.05) is 6.61 Å². The molecule has 7 nitrogen and oxygen atoms in total. The van der Waals surface area contributed by atoms with E-state index in [0.29, 0.717) is 31.7 Å². The summed E-state index contributed by atoms with van der Waals surface area (Å²) in [4.78, 5) is 22.2. The maximum absolute atomic E-state index is 12.8. The fourth-order valence-electron chi connectivity index (χ4n) is 3.00. The third-order valence-electron chi connectivity index (χ3n) is 4.47. The predicted molar refractivity (Wildman–Crippen MR) is 106 cm³/mol. The molecule has 0 heterocycles. The average molecular weight is 462 g/mol. The van der Waals surface area contributed by atoms with Gasteiger partial charge in [-0.3, -0.25) is 10.1 Å². The molecule has 2 N–H and O–H groups in total. The molecule has 0 bridgehead atoms. The van der Waals surface area contributed by atoms with Crippen molar-refractivity contribution in [3.05, 3.63) is 62.2 Å². The molecule has 0 spiro atoms. The Morgan fingerprint density at radius 2 is 1.74 bits per heavy atom. The van der Waals surface area contributed by atoms with Crippen LogP contribution in [-0.4, -0.2) is 27.7 Å². The minimum absolute atomic E-state index is 0.0119. The second kappa shape index (κ2) is 10.5. The SMILES string of the molecule is O=C(O)c1c([N+](=O)[O-])ccc(Oc2ccc(C(F)(F)F)cc2Cl)c1CCCCCCO. The zero-order valence-corrected chi connectivity index (χ0v) is 16.9. The highest BCUT2D eigenvalue weighted by Crippen LogP contribution is 2.39. The number of aliphatic hydroxyl groups excluding tert-OH is 1. The predicted octanol–water partition coefficient (Wildman–Crippen LogP) is 5.85. The van der Waals surface area contributed by atoms with E-state index in [-0.39, 0.29) is 35.1 Å². The third kappa shape index (κ3) is 6.31. The lowest BCUT2D eigenvalue weighted by molar-refractivity contribution is -0.385. The van der Waals surface area contributed by atoms with Crippen LogP contribution in [0.5, 0.6) is 11.5 Å². The quantitative estimate of drug-likeness (QED) is 0.261. The van der Waals surface area contributed by atoms with Gasteiger partial charge in [-0.2, -0.15) is 13.2 Å². The first-order valence-electron chi connectivity index (χ1n) is 9.25. The smallest absolute Gasteiger partial charge is 0.416 e. The minimum atomic E-state index is -4.61. The average Bonchev–Trinajstić information content (AvgIpc) is 2.68. The van der Waals surface area contributed by atoms with Crippen molar-refractivity contribution in [2.45, 2.75) is 38.3 Å². The summed E-state index contributed by atoms with van der Waals surface area (Å²) in [6.07, 6.45) is -2.17. The Kier molecular flexibility index (Phi) is 8.23. The van der Waals surface area contributed by atoms with E-state index in [9.17, 15) is 33.2 Å². The Morgan fingerprint density at radius 3 is 2.29 bits per heavy atom. The monoisotopic (exact) mass is 461 g/mol. The van der Waals surface area contributed by atoms with E-state index >= 15 is 0 Å². The number of ether oxygens (including phenoxy) is 1. The molecule has 0 atom stereocenters. The molecule has 0 fully saturated rings. The lowest BCUT2D eigenvalue weighted by Gasteiger charge is -2.16. The van der Waals surface area contributed by atoms with Crippen molar-refractivity contribution in [3.63, 3.8) is 0 Å². The number of nitrogens with zero attached hydrogens (tertiary/aromatic N) is 1. The van der Waals surface area contributed by atoms with Gasteiger partial charge in [-0.05, 0) is 43.5 Å². The molecule has 0 saturated carbocycles. The van der Waals surface area contributed by atoms with Gasteiger partial charge in [0.2, 0.25) is 0 Å². The van der Waals surface area contributed by atoms with E-state index in [0.717, 1.165) is 18.2 Å². The number of halogens is 4. The van der Waals surface area contributed by atoms with Crippen molar-refractivity contribution in [3.8, 4) is 11.5 Å². The van der Waals surface area contributed by atoms with Crippen LogP contribution in [0, 0.1) is 10.1 Å². The van der Waals surface area contributed by atoms with Crippen molar-refractivity contribution < 1.29 is 37.8 Å². The van der Waals surface area contributed by atoms with Crippen molar-refractivity contribution in [1.29, 1.82) is 0 Å². The lowest BCUT2D eigenvalue weighted by atomic mass is 9.98. The van der Waals surface area contributed by atoms with Crippen LogP contribution in [0.1, 0.15) is 47.2 Å². The van der Waals surface area contributed by atoms with Gasteiger partial charge in [0.1, 0.15) is 17.1 Å². The number of unbranched alkanes of at least 4 members (excludes halogenated alkanes) is 3. The first-order chi connectivity index (χ1) is 14.6. The lowest BCUT2D eigenvalue weighted by Crippen LogP contribution is -2.09. The Morgan fingerprint density at radius 1 is 1.10 bits per heavy atom. The molecular weight excluding hydrogens is 443 g/mol. The number of hydrogen-bond acceptors (Lipinski definition) is 5. The normalized spacial score (nSPS) is 11.4. The number of carbonyl (C=O) groups is 1. The second-order valence-corrected chi connectivity index (χ2v) is 7.04. The zero-order chi connectivity index (χ0) is 23.2. The van der Waals surface area contributed by atoms with E-state index in [1.807, 2.05) is 0 Å². The Hall–Kier alpha value is -2.85. The van der Waals surface area contributed by atoms with Crippen LogP contribution < -0.4 is 4.74 Å². The summed E-state index contributed by atoms with van der Waals surface area (Å²) in [7, 11) is 0. The molecule has 31 heavy (non-hydrogen) atoms. The van der Waals surface area contributed by atoms with Crippen LogP contribution in [0.4, 0.5) is 18.9 Å². The van der Waals surface area contributed by atoms with Crippen molar-refractivity contribution in [2.24, 2.45) is 0 Å². The molecule has 11 heteroatoms. The molecule has 0 radical (unpaired) electrons. The summed E-state index contributed by atoms with van der Waals surface area (Å²) in [5.41, 5.74) is -2.11. The highest BCUT2D eigenvalue weighted by molar-refractivity contribution is 6.32. The molecular formula is C20H19ClF3NO6. The third-order valence-corrected chi connectivity index (χ3v) is 4.77. The number of benzene rings is 2. The first kappa shape index (κ1) is 24.4. The topological polar surface area (TPSA) is 110 Å². The maximum Gasteiger partial charge on any atom is 0.416 e. The molecule has 2 aromatic carbocycles. The van der Waals surface area contributed by atoms with Gasteiger partial charge in [0.05, 0.1) is 15.5 Å². The number of nitro benzene ring substituents is 1. The molecule has 0 aromatic heterocycles. The van der Waals surface area contributed by atoms with E-state index < -0.39 is 33.9 Å². The van der Waals surface area contributed by atoms with Gasteiger partial charge in [0.25, 0.3) is 5.69 Å². The maximum atomic E-state index is 12.8. The van der Waals surface area contributed by atoms with Crippen LogP contribution in [0.3, 0.4) is 0 Å². The van der Waals surface area contributed by atoms with Crippen molar-refractivity contribution in [1.82, 2.24) is 0 Å². The van der Waals surface area contributed by atoms with Gasteiger partial charge in [0, 0.05) is 18.2 Å². The first-order valence-corrected chi connectivity index (χ1v) is 9.63. The summed E-state index contributed by atoms with van der Waals surface area (Å²) in [5.74, 6) is -1.73. The molecule has 0 saturated heterocycles. The molecule has 168 valence electrons. The molecule has 0 aliphatic heterocycles. The number of aromatic carboxylic acids is 1. The minimum Gasteiger partial charge on any atom is -0.477 e. The van der Waals surface area contributed by atoms with Crippen LogP contribution in [0.25, 0.3) is 0 Å². The molecule has 2 aromatic rings. The van der Waals surface area contributed by atoms with Gasteiger partial charge < -0.3 is 14.9 Å². The van der Waals surface area contributed by atoms with Crippen molar-refractivity contribution >= 4 is 23.3 Å². The number of alkyl halides is 3. The molecule has 2 rings (SSSR count). The highest BCUT2D eigenvalue weighted by atomic mass is 35.5. The number of nitro groups is 1. The summed E-state index contributed by atoms with van der Waals surface area (Å²) in [5, 5.41) is 29.4. The van der Waals surface area contributed by atoms with E-state index in [2.05, 4.69) is 0 Å². The highest BCUT2D eigenvalue weighted by Gasteiger charge is 2.31. The fraction of sp³-hybridized carbons (Fsp3) is 0.350. The van der Waals surface area contributed by atoms with Gasteiger partial charge >= 0.3 is 12.1 Å². The number of aliphatic hydroxyl groups is 1. The zero-order valence-electron chi connectivity index (χ0n) is 16.1. The van der Waals surface area contributed by atoms with E-state index in [4.69, 9.17) is 21.4 Å². The van der Waals surface area contributed by atoms with Crippen LogP contribution in [0.2, 0.25) is 5.02 Å². The summed E-state index contributed by atoms with van der Waals surface area (Å²) in [6.45, 7) is 0.0119. The summed E-state index contributed by atoms with van der Waals surface area (Å²) in [6, 6.07) is 4.60. The molecule has 0 aliphatic rings. The summed E-state index contributed by atoms with van der Waals surface area (Å²) < 4.78 is 44.1. The molecule has 0 amide bonds. The van der Waals surface area contributed by atoms with Gasteiger partial charge in [0.15, 0.2) is 0 Å². The van der Waals surface area contributed by atoms with Crippen LogP contribution in [-0.2, 0) is 12.6 Å². The van der Waals surface area contributed by atoms with Gasteiger partial charge in [-0.15, -0.1) is 0 Å². The number of rotatable bonds is 10. The Balaban J connectivity index is 2.45. The Labute approximate surface area is 180 Å². The number of carboxylic acid groups (broad SMARTS) is 1. The van der Waals surface area contributed by atoms with Crippen LogP contribution in [0.15, 0.2) is 30.3 Å². The van der Waals surface area contributed by atoms with E-state index in [1.165, 1.54) is 6.07 Å². The van der Waals surface area contributed by atoms with Crippen LogP contribution >= 0.6 is 11.6 Å². The number of hydrogen-bond donors (Lipinski definition) is 2. The number of carboxylic acids is 1. The second-order valence-electron chi connectivity index (χ2n) is 6.63. The Bertz CT molecular complexity index is 965. The fourth-order valence-corrected chi connectivity index (χ4v) is 3.22. The van der Waals surface area contributed by atoms with E-state index in [1.54, 1.807) is 0 Å². The standard InChI is InChI=1S/C20H19ClF3NO6/c21-14-11-12(20(22,23)24)6-8-17(14)31-16-9-7-15(25(29)30)18(19(27)28)13(16)5-3-1-2-4-10-26/h6-9,11,26H,1-5,10H2,(H,27,28).